The Balaban J connectivity index is 1.89. The molecule has 0 saturated heterocycles. The Kier molecular flexibility index (Phi) is 3.62. The number of aryl methyl sites for hydroxylation is 1. The number of halogens is 1. The molecule has 4 rings (SSSR count). The molecule has 1 aromatic carbocycles. The van der Waals surface area contributed by atoms with Crippen molar-refractivity contribution in [1.82, 2.24) is 9.55 Å². The molecule has 0 N–H and O–H groups in total. The minimum Gasteiger partial charge on any atom is -0.438 e. The van der Waals surface area contributed by atoms with Crippen molar-refractivity contribution in [3.05, 3.63) is 45.3 Å². The van der Waals surface area contributed by atoms with E-state index in [1.165, 1.54) is 19.3 Å². The van der Waals surface area contributed by atoms with Crippen molar-refractivity contribution in [3.8, 4) is 11.3 Å². The molecular formula is C17H15BrN2OS. The third kappa shape index (κ3) is 2.42. The lowest BCUT2D eigenvalue weighted by Gasteiger charge is -2.08. The number of nitrogens with zero attached hydrogens (tertiary/aromatic N) is 2. The molecule has 0 unspecified atom stereocenters. The van der Waals surface area contributed by atoms with E-state index in [0.717, 1.165) is 44.6 Å². The molecule has 1 aliphatic rings. The van der Waals surface area contributed by atoms with Crippen molar-refractivity contribution in [1.29, 1.82) is 0 Å². The van der Waals surface area contributed by atoms with Gasteiger partial charge in [0.15, 0.2) is 0 Å². The normalized spacial score (nSPS) is 14.8. The molecule has 1 aliphatic heterocycles. The molecule has 0 bridgehead atoms. The predicted octanol–water partition coefficient (Wildman–Crippen LogP) is 5.51. The van der Waals surface area contributed by atoms with E-state index in [1.807, 2.05) is 30.3 Å². The number of rotatable bonds is 1. The molecule has 0 spiro atoms. The Hall–Kier alpha value is -1.46. The Morgan fingerprint density at radius 1 is 1.14 bits per heavy atom. The van der Waals surface area contributed by atoms with Crippen LogP contribution in [-0.2, 0) is 13.0 Å². The summed E-state index contributed by atoms with van der Waals surface area (Å²) in [5, 5.41) is 0.943. The zero-order chi connectivity index (χ0) is 15.1. The van der Waals surface area contributed by atoms with Crippen LogP contribution < -0.4 is 0 Å². The fraction of sp³-hybridized carbons (Fsp3) is 0.294. The summed E-state index contributed by atoms with van der Waals surface area (Å²) >= 11 is 9.13. The quantitative estimate of drug-likeness (QED) is 0.525. The van der Waals surface area contributed by atoms with E-state index >= 15 is 0 Å². The predicted molar refractivity (Wildman–Crippen MR) is 93.5 cm³/mol. The number of benzene rings is 1. The molecule has 112 valence electrons. The first-order valence-electron chi connectivity index (χ1n) is 7.51. The first-order chi connectivity index (χ1) is 10.7. The van der Waals surface area contributed by atoms with Gasteiger partial charge in [-0.05, 0) is 31.0 Å². The van der Waals surface area contributed by atoms with Gasteiger partial charge in [-0.15, -0.1) is 0 Å². The summed E-state index contributed by atoms with van der Waals surface area (Å²) < 4.78 is 10.1. The van der Waals surface area contributed by atoms with E-state index in [4.69, 9.17) is 21.6 Å². The summed E-state index contributed by atoms with van der Waals surface area (Å²) in [4.78, 5) is 4.72. The molecule has 2 aromatic heterocycles. The molecule has 0 saturated carbocycles. The average Bonchev–Trinajstić information content (AvgIpc) is 2.80. The zero-order valence-corrected chi connectivity index (χ0v) is 14.4. The van der Waals surface area contributed by atoms with Gasteiger partial charge in [0.2, 0.25) is 5.71 Å². The van der Waals surface area contributed by atoms with Gasteiger partial charge in [-0.25, -0.2) is 0 Å². The molecule has 0 fully saturated rings. The fourth-order valence-electron chi connectivity index (χ4n) is 2.97. The van der Waals surface area contributed by atoms with E-state index in [0.29, 0.717) is 5.71 Å². The van der Waals surface area contributed by atoms with Gasteiger partial charge in [0.05, 0.1) is 5.39 Å². The molecule has 5 heteroatoms. The lowest BCUT2D eigenvalue weighted by atomic mass is 10.2. The molecule has 0 amide bonds. The molecule has 0 radical (unpaired) electrons. The summed E-state index contributed by atoms with van der Waals surface area (Å²) in [6.45, 7) is 0.968. The minimum atomic E-state index is 0.663. The largest absolute Gasteiger partial charge is 0.438 e. The van der Waals surface area contributed by atoms with Gasteiger partial charge in [-0.1, -0.05) is 46.7 Å². The van der Waals surface area contributed by atoms with Crippen molar-refractivity contribution in [2.45, 2.75) is 32.2 Å². The van der Waals surface area contributed by atoms with Crippen molar-refractivity contribution < 1.29 is 4.42 Å². The highest BCUT2D eigenvalue weighted by Crippen LogP contribution is 2.29. The minimum absolute atomic E-state index is 0.663. The van der Waals surface area contributed by atoms with Gasteiger partial charge in [0.25, 0.3) is 0 Å². The van der Waals surface area contributed by atoms with Gasteiger partial charge in [0.1, 0.15) is 16.2 Å². The Morgan fingerprint density at radius 2 is 1.95 bits per heavy atom. The van der Waals surface area contributed by atoms with E-state index in [-0.39, 0.29) is 0 Å². The van der Waals surface area contributed by atoms with E-state index < -0.39 is 0 Å². The van der Waals surface area contributed by atoms with Crippen molar-refractivity contribution in [2.75, 3.05) is 0 Å². The van der Waals surface area contributed by atoms with E-state index in [9.17, 15) is 0 Å². The van der Waals surface area contributed by atoms with Crippen LogP contribution in [0.1, 0.15) is 25.1 Å². The maximum Gasteiger partial charge on any atom is 0.231 e. The summed E-state index contributed by atoms with van der Waals surface area (Å²) in [5.74, 6) is 1.88. The zero-order valence-electron chi connectivity index (χ0n) is 12.0. The van der Waals surface area contributed by atoms with Crippen LogP contribution in [0.15, 0.2) is 39.2 Å². The first-order valence-corrected chi connectivity index (χ1v) is 8.72. The van der Waals surface area contributed by atoms with Crippen LogP contribution in [0.2, 0.25) is 0 Å². The second-order valence-corrected chi connectivity index (χ2v) is 6.93. The number of hydrogen-bond acceptors (Lipinski definition) is 3. The fourth-order valence-corrected chi connectivity index (χ4v) is 3.57. The van der Waals surface area contributed by atoms with Crippen LogP contribution in [0.5, 0.6) is 0 Å². The van der Waals surface area contributed by atoms with Gasteiger partial charge in [0, 0.05) is 23.0 Å². The van der Waals surface area contributed by atoms with Crippen LogP contribution in [0.3, 0.4) is 0 Å². The van der Waals surface area contributed by atoms with Crippen LogP contribution in [0, 0.1) is 4.64 Å². The SMILES string of the molecule is S=c1c2cc(-c3ccc(Br)cc3)oc2nc2n1CCCCC2. The molecule has 3 nitrogen and oxygen atoms in total. The molecule has 22 heavy (non-hydrogen) atoms. The third-order valence-corrected chi connectivity index (χ3v) is 5.11. The summed E-state index contributed by atoms with van der Waals surface area (Å²) in [5.41, 5.74) is 1.70. The summed E-state index contributed by atoms with van der Waals surface area (Å²) in [6.07, 6.45) is 4.57. The molecule has 0 aliphatic carbocycles. The van der Waals surface area contributed by atoms with Crippen LogP contribution in [-0.4, -0.2) is 9.55 Å². The average molecular weight is 375 g/mol. The van der Waals surface area contributed by atoms with Crippen molar-refractivity contribution in [2.24, 2.45) is 0 Å². The lowest BCUT2D eigenvalue weighted by Crippen LogP contribution is -2.07. The molecular weight excluding hydrogens is 360 g/mol. The lowest BCUT2D eigenvalue weighted by molar-refractivity contribution is 0.596. The summed E-state index contributed by atoms with van der Waals surface area (Å²) in [6, 6.07) is 10.1. The monoisotopic (exact) mass is 374 g/mol. The van der Waals surface area contributed by atoms with Crippen LogP contribution in [0.4, 0.5) is 0 Å². The number of aromatic nitrogens is 2. The Bertz CT molecular complexity index is 895. The van der Waals surface area contributed by atoms with Gasteiger partial charge in [-0.2, -0.15) is 4.98 Å². The Labute approximate surface area is 142 Å². The maximum absolute atomic E-state index is 5.98. The molecule has 3 aromatic rings. The third-order valence-electron chi connectivity index (χ3n) is 4.14. The number of hydrogen-bond donors (Lipinski definition) is 0. The molecule has 0 atom stereocenters. The topological polar surface area (TPSA) is 31.0 Å². The number of furan rings is 1. The Morgan fingerprint density at radius 3 is 2.77 bits per heavy atom. The van der Waals surface area contributed by atoms with Crippen LogP contribution in [0.25, 0.3) is 22.4 Å². The highest BCUT2D eigenvalue weighted by Gasteiger charge is 2.15. The van der Waals surface area contributed by atoms with E-state index in [1.54, 1.807) is 0 Å². The smallest absolute Gasteiger partial charge is 0.231 e. The molecule has 3 heterocycles. The van der Waals surface area contributed by atoms with Crippen LogP contribution >= 0.6 is 28.1 Å². The highest BCUT2D eigenvalue weighted by atomic mass is 79.9. The van der Waals surface area contributed by atoms with Gasteiger partial charge < -0.3 is 8.98 Å². The first kappa shape index (κ1) is 14.2. The van der Waals surface area contributed by atoms with Crippen molar-refractivity contribution >= 4 is 39.2 Å². The van der Waals surface area contributed by atoms with Gasteiger partial charge in [-0.3, -0.25) is 0 Å². The van der Waals surface area contributed by atoms with Crippen molar-refractivity contribution in [3.63, 3.8) is 0 Å². The standard InChI is InChI=1S/C17H15BrN2OS/c18-12-7-5-11(6-8-12)14-10-13-16(21-14)19-15-4-2-1-3-9-20(15)17(13)22/h5-8,10H,1-4,9H2. The second-order valence-electron chi connectivity index (χ2n) is 5.63. The summed E-state index contributed by atoms with van der Waals surface area (Å²) in [7, 11) is 0. The second kappa shape index (κ2) is 5.63. The van der Waals surface area contributed by atoms with Gasteiger partial charge >= 0.3 is 0 Å². The maximum atomic E-state index is 5.98. The van der Waals surface area contributed by atoms with E-state index in [2.05, 4.69) is 20.5 Å². The number of fused-ring (bicyclic) bond motifs is 2. The highest BCUT2D eigenvalue weighted by molar-refractivity contribution is 9.10.